The molecule has 0 spiro atoms. The Labute approximate surface area is 119 Å². The molecule has 0 bridgehead atoms. The van der Waals surface area contributed by atoms with Crippen molar-refractivity contribution in [3.8, 4) is 6.07 Å². The lowest BCUT2D eigenvalue weighted by Gasteiger charge is -2.13. The van der Waals surface area contributed by atoms with Crippen LogP contribution in [0.5, 0.6) is 0 Å². The molecule has 108 valence electrons. The summed E-state index contributed by atoms with van der Waals surface area (Å²) in [5.41, 5.74) is -1.07. The summed E-state index contributed by atoms with van der Waals surface area (Å²) in [6.07, 6.45) is -3.63. The van der Waals surface area contributed by atoms with Gasteiger partial charge in [0, 0.05) is 5.69 Å². The molecule has 0 aliphatic heterocycles. The normalized spacial score (nSPS) is 12.6. The van der Waals surface area contributed by atoms with Crippen LogP contribution in [0, 0.1) is 17.2 Å². The van der Waals surface area contributed by atoms with Crippen molar-refractivity contribution in [3.05, 3.63) is 28.8 Å². The molecule has 20 heavy (non-hydrogen) atoms. The highest BCUT2D eigenvalue weighted by Crippen LogP contribution is 2.36. The van der Waals surface area contributed by atoms with Crippen LogP contribution in [0.3, 0.4) is 0 Å². The van der Waals surface area contributed by atoms with Gasteiger partial charge in [-0.3, -0.25) is 4.79 Å². The van der Waals surface area contributed by atoms with E-state index >= 15 is 0 Å². The highest BCUT2D eigenvalue weighted by atomic mass is 35.5. The minimum atomic E-state index is -4.60. The van der Waals surface area contributed by atoms with Crippen molar-refractivity contribution >= 4 is 23.2 Å². The first-order valence-corrected chi connectivity index (χ1v) is 6.24. The summed E-state index contributed by atoms with van der Waals surface area (Å²) >= 11 is 5.47. The quantitative estimate of drug-likeness (QED) is 0.904. The van der Waals surface area contributed by atoms with E-state index in [2.05, 4.69) is 5.32 Å². The molecule has 1 aromatic rings. The first-order chi connectivity index (χ1) is 9.29. The number of hydrogen-bond donors (Lipinski definition) is 1. The summed E-state index contributed by atoms with van der Waals surface area (Å²) in [5.74, 6) is -1.50. The van der Waals surface area contributed by atoms with Gasteiger partial charge in [-0.15, -0.1) is 0 Å². The Morgan fingerprint density at radius 1 is 1.50 bits per heavy atom. The van der Waals surface area contributed by atoms with Crippen LogP contribution in [0.1, 0.15) is 25.3 Å². The van der Waals surface area contributed by atoms with E-state index in [0.29, 0.717) is 12.8 Å². The third kappa shape index (κ3) is 4.14. The Morgan fingerprint density at radius 3 is 2.65 bits per heavy atom. The predicted octanol–water partition coefficient (Wildman–Crippen LogP) is 4.24. The van der Waals surface area contributed by atoms with Crippen LogP contribution in [0.25, 0.3) is 0 Å². The molecule has 0 heterocycles. The molecule has 1 unspecified atom stereocenters. The molecule has 1 atom stereocenters. The van der Waals surface area contributed by atoms with Crippen LogP contribution < -0.4 is 5.32 Å². The van der Waals surface area contributed by atoms with Crippen LogP contribution in [0.4, 0.5) is 18.9 Å². The second-order valence-corrected chi connectivity index (χ2v) is 4.56. The fourth-order valence-corrected chi connectivity index (χ4v) is 1.82. The van der Waals surface area contributed by atoms with E-state index in [1.54, 1.807) is 0 Å². The van der Waals surface area contributed by atoms with Crippen molar-refractivity contribution in [3.63, 3.8) is 0 Å². The van der Waals surface area contributed by atoms with Gasteiger partial charge in [0.05, 0.1) is 16.7 Å². The van der Waals surface area contributed by atoms with Crippen LogP contribution in [-0.2, 0) is 11.0 Å². The number of carbonyl (C=O) groups excluding carboxylic acids is 1. The van der Waals surface area contributed by atoms with Crippen LogP contribution in [0.15, 0.2) is 18.2 Å². The molecular weight excluding hydrogens is 293 g/mol. The molecule has 0 radical (unpaired) electrons. The molecule has 1 rings (SSSR count). The monoisotopic (exact) mass is 304 g/mol. The molecule has 3 nitrogen and oxygen atoms in total. The third-order valence-corrected chi connectivity index (χ3v) is 2.92. The summed E-state index contributed by atoms with van der Waals surface area (Å²) in [4.78, 5) is 11.7. The van der Waals surface area contributed by atoms with E-state index in [4.69, 9.17) is 16.9 Å². The molecule has 0 saturated heterocycles. The van der Waals surface area contributed by atoms with Gasteiger partial charge in [0.25, 0.3) is 0 Å². The van der Waals surface area contributed by atoms with Gasteiger partial charge in [0.2, 0.25) is 5.91 Å². The van der Waals surface area contributed by atoms with Gasteiger partial charge in [-0.25, -0.2) is 0 Å². The predicted molar refractivity (Wildman–Crippen MR) is 69.1 cm³/mol. The lowest BCUT2D eigenvalue weighted by molar-refractivity contribution is -0.137. The van der Waals surface area contributed by atoms with Gasteiger partial charge < -0.3 is 5.32 Å². The smallest absolute Gasteiger partial charge is 0.325 e. The fourth-order valence-electron chi connectivity index (χ4n) is 1.59. The number of nitrogens with one attached hydrogen (secondary N) is 1. The number of halogens is 4. The minimum absolute atomic E-state index is 0.0388. The van der Waals surface area contributed by atoms with Crippen molar-refractivity contribution in [2.45, 2.75) is 25.9 Å². The Balaban J connectivity index is 2.94. The number of amides is 1. The zero-order valence-electron chi connectivity index (χ0n) is 10.6. The lowest BCUT2D eigenvalue weighted by atomic mass is 10.0. The maximum atomic E-state index is 12.7. The zero-order chi connectivity index (χ0) is 15.3. The van der Waals surface area contributed by atoms with E-state index in [1.807, 2.05) is 13.0 Å². The number of alkyl halides is 3. The molecule has 0 fully saturated rings. The molecular formula is C13H12ClF3N2O. The molecule has 0 aliphatic rings. The topological polar surface area (TPSA) is 52.9 Å². The van der Waals surface area contributed by atoms with Crippen molar-refractivity contribution in [1.29, 1.82) is 5.26 Å². The number of nitriles is 1. The Hall–Kier alpha value is -1.74. The molecule has 0 aromatic heterocycles. The van der Waals surface area contributed by atoms with Gasteiger partial charge in [-0.05, 0) is 24.6 Å². The zero-order valence-corrected chi connectivity index (χ0v) is 11.3. The summed E-state index contributed by atoms with van der Waals surface area (Å²) < 4.78 is 38.0. The van der Waals surface area contributed by atoms with Crippen LogP contribution >= 0.6 is 11.6 Å². The second-order valence-electron chi connectivity index (χ2n) is 4.15. The summed E-state index contributed by atoms with van der Waals surface area (Å²) in [5, 5.41) is 10.7. The molecule has 1 aromatic carbocycles. The third-order valence-electron chi connectivity index (χ3n) is 2.59. The summed E-state index contributed by atoms with van der Waals surface area (Å²) in [6.45, 7) is 1.81. The van der Waals surface area contributed by atoms with Gasteiger partial charge >= 0.3 is 6.18 Å². The molecule has 7 heteroatoms. The van der Waals surface area contributed by atoms with Crippen molar-refractivity contribution in [1.82, 2.24) is 0 Å². The van der Waals surface area contributed by atoms with Crippen molar-refractivity contribution in [2.75, 3.05) is 5.32 Å². The SMILES string of the molecule is CCCC(C#N)C(=O)Nc1ccc(Cl)c(C(F)(F)F)c1. The highest BCUT2D eigenvalue weighted by molar-refractivity contribution is 6.31. The Kier molecular flexibility index (Phi) is 5.40. The van der Waals surface area contributed by atoms with Gasteiger partial charge in [0.15, 0.2) is 0 Å². The van der Waals surface area contributed by atoms with Crippen molar-refractivity contribution in [2.24, 2.45) is 5.92 Å². The standard InChI is InChI=1S/C13H12ClF3N2O/c1-2-3-8(7-18)12(20)19-9-4-5-11(14)10(6-9)13(15,16)17/h4-6,8H,2-3H2,1H3,(H,19,20). The van der Waals surface area contributed by atoms with Gasteiger partial charge in [-0.1, -0.05) is 24.9 Å². The summed E-state index contributed by atoms with van der Waals surface area (Å²) in [6, 6.07) is 4.89. The number of hydrogen-bond acceptors (Lipinski definition) is 2. The Bertz CT molecular complexity index is 537. The fraction of sp³-hybridized carbons (Fsp3) is 0.385. The van der Waals surface area contributed by atoms with Gasteiger partial charge in [-0.2, -0.15) is 18.4 Å². The van der Waals surface area contributed by atoms with Crippen molar-refractivity contribution < 1.29 is 18.0 Å². The molecule has 1 amide bonds. The van der Waals surface area contributed by atoms with Gasteiger partial charge in [0.1, 0.15) is 5.92 Å². The number of carbonyl (C=O) groups is 1. The van der Waals surface area contributed by atoms with E-state index in [-0.39, 0.29) is 5.69 Å². The average molecular weight is 305 g/mol. The van der Waals surface area contributed by atoms with E-state index < -0.39 is 28.6 Å². The Morgan fingerprint density at radius 2 is 2.15 bits per heavy atom. The second kappa shape index (κ2) is 6.62. The molecule has 0 saturated carbocycles. The largest absolute Gasteiger partial charge is 0.417 e. The van der Waals surface area contributed by atoms with E-state index in [9.17, 15) is 18.0 Å². The average Bonchev–Trinajstić information content (AvgIpc) is 2.36. The molecule has 1 N–H and O–H groups in total. The maximum Gasteiger partial charge on any atom is 0.417 e. The molecule has 0 aliphatic carbocycles. The summed E-state index contributed by atoms with van der Waals surface area (Å²) in [7, 11) is 0. The number of rotatable bonds is 4. The first kappa shape index (κ1) is 16.3. The minimum Gasteiger partial charge on any atom is -0.325 e. The van der Waals surface area contributed by atoms with E-state index in [1.165, 1.54) is 6.07 Å². The number of anilines is 1. The van der Waals surface area contributed by atoms with E-state index in [0.717, 1.165) is 12.1 Å². The highest BCUT2D eigenvalue weighted by Gasteiger charge is 2.33. The lowest BCUT2D eigenvalue weighted by Crippen LogP contribution is -2.21. The van der Waals surface area contributed by atoms with Crippen LogP contribution in [-0.4, -0.2) is 5.91 Å². The maximum absolute atomic E-state index is 12.7. The number of nitrogens with zero attached hydrogens (tertiary/aromatic N) is 1. The number of benzene rings is 1. The first-order valence-electron chi connectivity index (χ1n) is 5.86. The van der Waals surface area contributed by atoms with Crippen LogP contribution in [0.2, 0.25) is 5.02 Å².